The van der Waals surface area contributed by atoms with Gasteiger partial charge in [-0.3, -0.25) is 0 Å². The van der Waals surface area contributed by atoms with Crippen molar-refractivity contribution in [3.8, 4) is 0 Å². The van der Waals surface area contributed by atoms with E-state index in [0.29, 0.717) is 17.3 Å². The van der Waals surface area contributed by atoms with Crippen molar-refractivity contribution in [2.24, 2.45) is 35.0 Å². The Bertz CT molecular complexity index is 2360. The molecule has 0 saturated heterocycles. The van der Waals surface area contributed by atoms with Gasteiger partial charge in [-0.1, -0.05) is 128 Å². The van der Waals surface area contributed by atoms with E-state index in [1.54, 1.807) is 11.1 Å². The van der Waals surface area contributed by atoms with Gasteiger partial charge >= 0.3 is 0 Å². The third-order valence-electron chi connectivity index (χ3n) is 18.8. The normalized spacial score (nSPS) is 35.7. The van der Waals surface area contributed by atoms with Gasteiger partial charge in [-0.15, -0.1) is 0 Å². The van der Waals surface area contributed by atoms with Crippen molar-refractivity contribution in [1.82, 2.24) is 0 Å². The van der Waals surface area contributed by atoms with Crippen LogP contribution in [0.3, 0.4) is 0 Å². The minimum Gasteiger partial charge on any atom is -0.311 e. The Balaban J connectivity index is 1.11. The molecule has 4 aromatic carbocycles. The Kier molecular flexibility index (Phi) is 6.81. The molecule has 292 valence electrons. The summed E-state index contributed by atoms with van der Waals surface area (Å²) in [6, 6.07) is 36.6. The average molecular weight is 750 g/mol. The van der Waals surface area contributed by atoms with E-state index in [9.17, 15) is 0 Å². The molecule has 2 bridgehead atoms. The number of hydrogen-bond acceptors (Lipinski definition) is 1. The van der Waals surface area contributed by atoms with Crippen molar-refractivity contribution in [1.29, 1.82) is 0 Å². The largest absolute Gasteiger partial charge is 0.311 e. The maximum atomic E-state index is 2.85. The third-order valence-corrected chi connectivity index (χ3v) is 18.8. The molecule has 0 N–H and O–H groups in total. The first kappa shape index (κ1) is 35.1. The van der Waals surface area contributed by atoms with E-state index in [4.69, 9.17) is 0 Å². The lowest BCUT2D eigenvalue weighted by atomic mass is 9.26. The second-order valence-electron chi connectivity index (χ2n) is 23.1. The highest BCUT2D eigenvalue weighted by molar-refractivity contribution is 5.84. The smallest absolute Gasteiger partial charge is 0.0464 e. The Labute approximate surface area is 343 Å². The van der Waals surface area contributed by atoms with Gasteiger partial charge in [0, 0.05) is 34.3 Å². The number of rotatable bonds is 4. The van der Waals surface area contributed by atoms with Crippen LogP contribution in [0, 0.1) is 35.0 Å². The maximum Gasteiger partial charge on any atom is 0.0464 e. The fourth-order valence-corrected chi connectivity index (χ4v) is 15.9. The van der Waals surface area contributed by atoms with Crippen LogP contribution < -0.4 is 4.90 Å². The maximum absolute atomic E-state index is 2.85. The van der Waals surface area contributed by atoms with E-state index in [-0.39, 0.29) is 27.1 Å². The average Bonchev–Trinajstić information content (AvgIpc) is 3.83. The van der Waals surface area contributed by atoms with Crippen molar-refractivity contribution >= 4 is 16.9 Å². The zero-order valence-electron chi connectivity index (χ0n) is 35.9. The molecular weight excluding hydrogens is 687 g/mol. The molecule has 8 unspecified atom stereocenters. The monoisotopic (exact) mass is 749 g/mol. The number of hydrogen-bond donors (Lipinski definition) is 0. The van der Waals surface area contributed by atoms with Crippen LogP contribution in [0.1, 0.15) is 152 Å². The van der Waals surface area contributed by atoms with Crippen LogP contribution in [0.5, 0.6) is 0 Å². The van der Waals surface area contributed by atoms with Crippen LogP contribution in [0.4, 0.5) is 11.4 Å². The molecule has 8 aliphatic rings. The zero-order chi connectivity index (χ0) is 39.1. The SMILES string of the molecule is CC1(C)CCC(C)(C)c2cc(N(C3=CC4C(C(c5ccccc5)=C3)c3ccccc3C43C4CC5CC6CC3C64C5)c3ccc4c(c3)C(C)(C)CCC4(C)C)ccc21. The number of anilines is 2. The molecule has 0 aromatic heterocycles. The minimum atomic E-state index is 0.130. The van der Waals surface area contributed by atoms with E-state index in [2.05, 4.69) is 163 Å². The second kappa shape index (κ2) is 11.0. The lowest BCUT2D eigenvalue weighted by molar-refractivity contribution is -0.259. The molecular formula is C56H63N. The molecule has 8 aliphatic carbocycles. The Hall–Kier alpha value is -3.84. The van der Waals surface area contributed by atoms with Gasteiger partial charge in [-0.25, -0.2) is 0 Å². The van der Waals surface area contributed by atoms with Gasteiger partial charge in [-0.05, 0) is 177 Å². The highest BCUT2D eigenvalue weighted by Gasteiger charge is 2.86. The second-order valence-corrected chi connectivity index (χ2v) is 23.1. The molecule has 0 amide bonds. The molecule has 0 heterocycles. The van der Waals surface area contributed by atoms with Crippen LogP contribution in [-0.2, 0) is 27.1 Å². The lowest BCUT2D eigenvalue weighted by Crippen LogP contribution is -2.75. The predicted molar refractivity (Wildman–Crippen MR) is 237 cm³/mol. The fraction of sp³-hybridized carbons (Fsp3) is 0.500. The van der Waals surface area contributed by atoms with Gasteiger partial charge in [0.15, 0.2) is 0 Å². The number of nitrogens with zero attached hydrogens (tertiary/aromatic N) is 1. The van der Waals surface area contributed by atoms with Crippen molar-refractivity contribution in [2.75, 3.05) is 4.90 Å². The van der Waals surface area contributed by atoms with Crippen LogP contribution in [-0.4, -0.2) is 0 Å². The summed E-state index contributed by atoms with van der Waals surface area (Å²) < 4.78 is 0. The number of fused-ring (bicyclic) bond motifs is 10. The molecule has 0 aliphatic heterocycles. The molecule has 4 aromatic rings. The summed E-state index contributed by atoms with van der Waals surface area (Å²) in [5.41, 5.74) is 17.9. The van der Waals surface area contributed by atoms with Gasteiger partial charge in [0.25, 0.3) is 0 Å². The molecule has 4 saturated carbocycles. The van der Waals surface area contributed by atoms with Crippen molar-refractivity contribution in [3.05, 3.63) is 148 Å². The topological polar surface area (TPSA) is 3.24 Å². The minimum absolute atomic E-state index is 0.130. The molecule has 4 fully saturated rings. The van der Waals surface area contributed by atoms with Gasteiger partial charge in [0.1, 0.15) is 0 Å². The molecule has 8 atom stereocenters. The van der Waals surface area contributed by atoms with E-state index < -0.39 is 0 Å². The Morgan fingerprint density at radius 3 is 1.72 bits per heavy atom. The van der Waals surface area contributed by atoms with Crippen LogP contribution in [0.2, 0.25) is 0 Å². The molecule has 1 heteroatoms. The molecule has 1 nitrogen and oxygen atoms in total. The molecule has 0 radical (unpaired) electrons. The van der Waals surface area contributed by atoms with Crippen molar-refractivity contribution in [3.63, 3.8) is 0 Å². The van der Waals surface area contributed by atoms with E-state index >= 15 is 0 Å². The summed E-state index contributed by atoms with van der Waals surface area (Å²) in [6.45, 7) is 19.8. The predicted octanol–water partition coefficient (Wildman–Crippen LogP) is 14.2. The van der Waals surface area contributed by atoms with E-state index in [1.807, 2.05) is 0 Å². The van der Waals surface area contributed by atoms with Crippen LogP contribution in [0.25, 0.3) is 5.57 Å². The van der Waals surface area contributed by atoms with E-state index in [0.717, 1.165) is 23.7 Å². The van der Waals surface area contributed by atoms with Crippen LogP contribution in [0.15, 0.2) is 109 Å². The first-order valence-electron chi connectivity index (χ1n) is 22.9. The lowest BCUT2D eigenvalue weighted by Gasteiger charge is -2.78. The zero-order valence-corrected chi connectivity index (χ0v) is 35.9. The molecule has 57 heavy (non-hydrogen) atoms. The highest BCUT2D eigenvalue weighted by Crippen LogP contribution is 2.90. The fourth-order valence-electron chi connectivity index (χ4n) is 15.9. The van der Waals surface area contributed by atoms with E-state index in [1.165, 1.54) is 102 Å². The first-order chi connectivity index (χ1) is 27.2. The quantitative estimate of drug-likeness (QED) is 0.201. The van der Waals surface area contributed by atoms with Gasteiger partial charge in [0.2, 0.25) is 0 Å². The van der Waals surface area contributed by atoms with Gasteiger partial charge < -0.3 is 4.90 Å². The summed E-state index contributed by atoms with van der Waals surface area (Å²) in [5, 5.41) is 0. The number of allylic oxidation sites excluding steroid dienone is 3. The summed E-state index contributed by atoms with van der Waals surface area (Å²) in [7, 11) is 0. The summed E-state index contributed by atoms with van der Waals surface area (Å²) in [4.78, 5) is 2.73. The van der Waals surface area contributed by atoms with Crippen molar-refractivity contribution in [2.45, 2.75) is 140 Å². The molecule has 2 spiro atoms. The number of benzene rings is 4. The third kappa shape index (κ3) is 4.33. The summed E-state index contributed by atoms with van der Waals surface area (Å²) >= 11 is 0. The highest BCUT2D eigenvalue weighted by atomic mass is 15.1. The Morgan fingerprint density at radius 1 is 0.544 bits per heavy atom. The van der Waals surface area contributed by atoms with Crippen molar-refractivity contribution < 1.29 is 0 Å². The van der Waals surface area contributed by atoms with Gasteiger partial charge in [0.05, 0.1) is 0 Å². The van der Waals surface area contributed by atoms with Gasteiger partial charge in [-0.2, -0.15) is 0 Å². The summed E-state index contributed by atoms with van der Waals surface area (Å²) in [5.74, 6) is 4.42. The van der Waals surface area contributed by atoms with Crippen LogP contribution >= 0.6 is 0 Å². The standard InChI is InChI=1S/C56H63N/c1-51(2)22-24-53(5,6)45-30-37(18-20-43(45)51)57(38-19-21-44-46(31-38)54(7,8)25-23-52(44,3)4)39-29-41(35-14-10-9-11-15-35)50-40-16-12-13-17-42(40)56(47(50)32-39)48-27-34-26-36-28-49(56)55(36,48)33-34/h9-21,29-32,34,36,47-50H,22-28,33H2,1-8H3. The summed E-state index contributed by atoms with van der Waals surface area (Å²) in [6.07, 6.45) is 16.3. The Morgan fingerprint density at radius 2 is 1.11 bits per heavy atom. The molecule has 12 rings (SSSR count). The first-order valence-corrected chi connectivity index (χ1v) is 22.9.